The van der Waals surface area contributed by atoms with E-state index in [1.807, 2.05) is 0 Å². The van der Waals surface area contributed by atoms with Crippen molar-refractivity contribution in [3.63, 3.8) is 0 Å². The number of hydrogen-bond donors (Lipinski definition) is 0. The first-order valence-corrected chi connectivity index (χ1v) is 10.8. The van der Waals surface area contributed by atoms with Gasteiger partial charge in [-0.1, -0.05) is 78.9 Å². The summed E-state index contributed by atoms with van der Waals surface area (Å²) in [6.07, 6.45) is 0. The predicted octanol–water partition coefficient (Wildman–Crippen LogP) is 4.59. The Labute approximate surface area is 192 Å². The molecule has 148 valence electrons. The monoisotopic (exact) mass is 449 g/mol. The second kappa shape index (κ2) is 10.1. The molecule has 0 saturated heterocycles. The molecule has 0 aromatic heterocycles. The van der Waals surface area contributed by atoms with Crippen LogP contribution in [0, 0.1) is 0 Å². The maximum absolute atomic E-state index is 13.1. The van der Waals surface area contributed by atoms with Crippen molar-refractivity contribution in [2.24, 2.45) is 0 Å². The number of benzene rings is 3. The quantitative estimate of drug-likeness (QED) is 0.314. The molecular weight excluding hydrogens is 432 g/mol. The fraction of sp³-hybridized carbons (Fsp3) is 0.100. The summed E-state index contributed by atoms with van der Waals surface area (Å²) < 4.78 is 67.8. The molecule has 0 aliphatic rings. The van der Waals surface area contributed by atoms with E-state index < -0.39 is 32.1 Å². The minimum atomic E-state index is -5.79. The summed E-state index contributed by atoms with van der Waals surface area (Å²) in [6.45, 7) is 0. The molecule has 0 amide bonds. The normalized spacial score (nSPS) is 13.0. The van der Waals surface area contributed by atoms with Crippen LogP contribution in [-0.2, 0) is 24.9 Å². The van der Waals surface area contributed by atoms with Gasteiger partial charge < -0.3 is 0 Å². The Hall–Kier alpha value is -1.29. The summed E-state index contributed by atoms with van der Waals surface area (Å²) in [5.41, 5.74) is -4.21. The molecule has 29 heavy (non-hydrogen) atoms. The minimum absolute atomic E-state index is 0. The van der Waals surface area contributed by atoms with E-state index in [4.69, 9.17) is 3.63 Å². The number of rotatable bonds is 6. The van der Waals surface area contributed by atoms with Gasteiger partial charge in [0.1, 0.15) is 0 Å². The molecule has 0 aliphatic carbocycles. The number of alkyl halides is 3. The molecular formula is C20H17F3NaO3S2+. The first-order chi connectivity index (χ1) is 13.3. The van der Waals surface area contributed by atoms with Crippen molar-refractivity contribution in [1.82, 2.24) is 0 Å². The molecule has 1 atom stereocenters. The zero-order valence-electron chi connectivity index (χ0n) is 14.4. The van der Waals surface area contributed by atoms with Crippen molar-refractivity contribution in [3.8, 4) is 0 Å². The van der Waals surface area contributed by atoms with Crippen molar-refractivity contribution in [2.45, 2.75) is 15.7 Å². The zero-order chi connectivity index (χ0) is 20.2. The molecule has 0 aliphatic heterocycles. The summed E-state index contributed by atoms with van der Waals surface area (Å²) in [4.78, 5) is 0.355. The molecule has 3 rings (SSSR count). The van der Waals surface area contributed by atoms with E-state index >= 15 is 0 Å². The van der Waals surface area contributed by atoms with Gasteiger partial charge in [-0.3, -0.25) is 0 Å². The van der Waals surface area contributed by atoms with Crippen LogP contribution >= 0.6 is 0 Å². The van der Waals surface area contributed by atoms with Crippen LogP contribution in [0.2, 0.25) is 0 Å². The molecule has 3 nitrogen and oxygen atoms in total. The van der Waals surface area contributed by atoms with Crippen LogP contribution in [0.5, 0.6) is 0 Å². The van der Waals surface area contributed by atoms with Crippen LogP contribution < -0.4 is 0 Å². The molecule has 0 saturated carbocycles. The molecule has 0 bridgehead atoms. The Morgan fingerprint density at radius 1 is 0.724 bits per heavy atom. The average molecular weight is 449 g/mol. The molecule has 0 N–H and O–H groups in total. The van der Waals surface area contributed by atoms with Gasteiger partial charge in [0, 0.05) is 11.1 Å². The van der Waals surface area contributed by atoms with Gasteiger partial charge >= 0.3 is 45.2 Å². The maximum atomic E-state index is 13.1. The standard InChI is InChI=1S/C20H16F3O3S2.Na.H/c21-20(22,23)28(24,25)26-27(18-14-8-3-9-15-18)19(16-10-4-1-5-11-16)17-12-6-2-7-13-17;;/h1-15,19H;;/q+1;;. The molecule has 0 heterocycles. The van der Waals surface area contributed by atoms with Crippen LogP contribution in [-0.4, -0.2) is 43.5 Å². The SMILES string of the molecule is O=S(=O)(O[S+](c1ccccc1)C(c1ccccc1)c1ccccc1)C(F)(F)F.[NaH]. The van der Waals surface area contributed by atoms with Gasteiger partial charge in [-0.25, -0.2) is 0 Å². The molecule has 1 unspecified atom stereocenters. The topological polar surface area (TPSA) is 43.4 Å². The van der Waals surface area contributed by atoms with Crippen LogP contribution in [0.3, 0.4) is 0 Å². The van der Waals surface area contributed by atoms with Gasteiger partial charge in [0.05, 0.1) is 0 Å². The third-order valence-electron chi connectivity index (χ3n) is 3.84. The molecule has 0 radical (unpaired) electrons. The fourth-order valence-electron chi connectivity index (χ4n) is 2.60. The van der Waals surface area contributed by atoms with Crippen molar-refractivity contribution in [3.05, 3.63) is 102 Å². The predicted molar refractivity (Wildman–Crippen MR) is 110 cm³/mol. The third-order valence-corrected chi connectivity index (χ3v) is 7.42. The molecule has 0 spiro atoms. The van der Waals surface area contributed by atoms with E-state index in [1.54, 1.807) is 91.0 Å². The first kappa shape index (κ1) is 24.0. The van der Waals surface area contributed by atoms with Crippen molar-refractivity contribution < 1.29 is 25.2 Å². The second-order valence-corrected chi connectivity index (χ2v) is 9.23. The summed E-state index contributed by atoms with van der Waals surface area (Å²) in [5.74, 6) is 0. The van der Waals surface area contributed by atoms with Crippen LogP contribution in [0.25, 0.3) is 0 Å². The molecule has 9 heteroatoms. The number of halogens is 3. The molecule has 3 aromatic rings. The van der Waals surface area contributed by atoms with Crippen molar-refractivity contribution in [2.75, 3.05) is 0 Å². The van der Waals surface area contributed by atoms with Gasteiger partial charge in [0.2, 0.25) is 16.4 Å². The summed E-state index contributed by atoms with van der Waals surface area (Å²) in [7, 11) is -5.79. The first-order valence-electron chi connectivity index (χ1n) is 8.19. The Kier molecular flexibility index (Phi) is 8.39. The van der Waals surface area contributed by atoms with Crippen LogP contribution in [0.1, 0.15) is 16.4 Å². The fourth-order valence-corrected chi connectivity index (χ4v) is 5.82. The zero-order valence-corrected chi connectivity index (χ0v) is 16.0. The van der Waals surface area contributed by atoms with Gasteiger partial charge in [0.25, 0.3) is 0 Å². The summed E-state index contributed by atoms with van der Waals surface area (Å²) in [5, 5.41) is -0.734. The van der Waals surface area contributed by atoms with Gasteiger partial charge in [0.15, 0.2) is 4.90 Å². The van der Waals surface area contributed by atoms with Crippen LogP contribution in [0.15, 0.2) is 95.9 Å². The van der Waals surface area contributed by atoms with E-state index in [0.717, 1.165) is 0 Å². The van der Waals surface area contributed by atoms with Gasteiger partial charge in [-0.2, -0.15) is 21.6 Å². The second-order valence-electron chi connectivity index (χ2n) is 5.78. The van der Waals surface area contributed by atoms with Crippen LogP contribution in [0.4, 0.5) is 13.2 Å². The van der Waals surface area contributed by atoms with Crippen molar-refractivity contribution in [1.29, 1.82) is 0 Å². The van der Waals surface area contributed by atoms with E-state index in [-0.39, 0.29) is 29.6 Å². The Morgan fingerprint density at radius 2 is 1.10 bits per heavy atom. The molecule has 3 aromatic carbocycles. The summed E-state index contributed by atoms with van der Waals surface area (Å²) in [6, 6.07) is 25.6. The average Bonchev–Trinajstić information content (AvgIpc) is 2.69. The van der Waals surface area contributed by atoms with Gasteiger partial charge in [-0.05, 0) is 15.8 Å². The molecule has 0 fully saturated rings. The number of hydrogen-bond acceptors (Lipinski definition) is 3. The third kappa shape index (κ3) is 5.87. The van der Waals surface area contributed by atoms with Gasteiger partial charge in [-0.15, -0.1) is 0 Å². The van der Waals surface area contributed by atoms with E-state index in [1.165, 1.54) is 0 Å². The Balaban J connectivity index is 0.00000300. The Bertz CT molecular complexity index is 960. The van der Waals surface area contributed by atoms with Crippen molar-refractivity contribution >= 4 is 50.9 Å². The van der Waals surface area contributed by atoms with E-state index in [0.29, 0.717) is 16.0 Å². The van der Waals surface area contributed by atoms with E-state index in [9.17, 15) is 21.6 Å². The summed E-state index contributed by atoms with van der Waals surface area (Å²) >= 11 is -1.75. The van der Waals surface area contributed by atoms with E-state index in [2.05, 4.69) is 0 Å². The Morgan fingerprint density at radius 3 is 1.48 bits per heavy atom.